The van der Waals surface area contributed by atoms with Gasteiger partial charge in [-0.05, 0) is 74.0 Å². The number of amidine groups is 1. The van der Waals surface area contributed by atoms with E-state index in [0.717, 1.165) is 28.3 Å². The molecule has 0 aromatic heterocycles. The second kappa shape index (κ2) is 8.88. The quantitative estimate of drug-likeness (QED) is 0.521. The lowest BCUT2D eigenvalue weighted by molar-refractivity contribution is -0.113. The third kappa shape index (κ3) is 4.36. The van der Waals surface area contributed by atoms with Crippen molar-refractivity contribution in [3.8, 4) is 11.5 Å². The average Bonchev–Trinajstić information content (AvgIpc) is 3.12. The van der Waals surface area contributed by atoms with Gasteiger partial charge in [0, 0.05) is 5.56 Å². The molecule has 0 atom stereocenters. The summed E-state index contributed by atoms with van der Waals surface area (Å²) in [4.78, 5) is 19.7. The van der Waals surface area contributed by atoms with Crippen molar-refractivity contribution in [2.45, 2.75) is 13.8 Å². The van der Waals surface area contributed by atoms with Gasteiger partial charge in [0.15, 0.2) is 0 Å². The van der Waals surface area contributed by atoms with Crippen LogP contribution in [0.5, 0.6) is 11.5 Å². The number of benzene rings is 3. The van der Waals surface area contributed by atoms with Crippen LogP contribution in [0.1, 0.15) is 23.6 Å². The molecule has 1 heterocycles. The minimum absolute atomic E-state index is 0.171. The number of ether oxygens (including phenoxy) is 2. The second-order valence-corrected chi connectivity index (χ2v) is 7.17. The molecule has 5 heteroatoms. The Morgan fingerprint density at radius 1 is 0.903 bits per heavy atom. The number of aryl methyl sites for hydroxylation is 1. The third-order valence-corrected chi connectivity index (χ3v) is 5.00. The number of nitrogens with zero attached hydrogens (tertiary/aromatic N) is 2. The molecule has 1 aliphatic heterocycles. The normalized spacial score (nSPS) is 14.7. The molecule has 1 amide bonds. The number of hydrogen-bond acceptors (Lipinski definition) is 4. The predicted octanol–water partition coefficient (Wildman–Crippen LogP) is 5.24. The minimum Gasteiger partial charge on any atom is -0.497 e. The van der Waals surface area contributed by atoms with Crippen LogP contribution < -0.4 is 14.4 Å². The van der Waals surface area contributed by atoms with E-state index in [1.807, 2.05) is 92.7 Å². The third-order valence-electron chi connectivity index (χ3n) is 5.00. The summed E-state index contributed by atoms with van der Waals surface area (Å²) in [6.45, 7) is 4.56. The lowest BCUT2D eigenvalue weighted by Gasteiger charge is -2.19. The number of rotatable bonds is 6. The Morgan fingerprint density at radius 2 is 1.55 bits per heavy atom. The summed E-state index contributed by atoms with van der Waals surface area (Å²) >= 11 is 0. The van der Waals surface area contributed by atoms with Gasteiger partial charge in [-0.15, -0.1) is 0 Å². The molecule has 0 N–H and O–H groups in total. The number of hydrogen-bond donors (Lipinski definition) is 0. The SMILES string of the molecule is CCOc1ccc(N2C(=O)/C(=C\c3ccc(C)cc3)N=C2c2ccc(OC)cc2)cc1. The first kappa shape index (κ1) is 20.4. The van der Waals surface area contributed by atoms with Gasteiger partial charge in [0.25, 0.3) is 5.91 Å². The molecule has 3 aromatic rings. The highest BCUT2D eigenvalue weighted by molar-refractivity contribution is 6.33. The van der Waals surface area contributed by atoms with Crippen molar-refractivity contribution in [1.29, 1.82) is 0 Å². The van der Waals surface area contributed by atoms with E-state index in [2.05, 4.69) is 0 Å². The molecule has 0 saturated carbocycles. The van der Waals surface area contributed by atoms with Crippen LogP contribution in [0.2, 0.25) is 0 Å². The van der Waals surface area contributed by atoms with Crippen molar-refractivity contribution < 1.29 is 14.3 Å². The fourth-order valence-corrected chi connectivity index (χ4v) is 3.37. The van der Waals surface area contributed by atoms with Crippen LogP contribution in [-0.4, -0.2) is 25.5 Å². The Morgan fingerprint density at radius 3 is 2.16 bits per heavy atom. The summed E-state index contributed by atoms with van der Waals surface area (Å²) < 4.78 is 10.8. The first-order valence-electron chi connectivity index (χ1n) is 10.2. The maximum atomic E-state index is 13.4. The number of methoxy groups -OCH3 is 1. The van der Waals surface area contributed by atoms with Crippen LogP contribution in [0.15, 0.2) is 83.5 Å². The number of amides is 1. The largest absolute Gasteiger partial charge is 0.497 e. The van der Waals surface area contributed by atoms with E-state index in [4.69, 9.17) is 14.5 Å². The number of anilines is 1. The van der Waals surface area contributed by atoms with Crippen LogP contribution in [-0.2, 0) is 4.79 Å². The summed E-state index contributed by atoms with van der Waals surface area (Å²) in [5, 5.41) is 0. The van der Waals surface area contributed by atoms with E-state index in [9.17, 15) is 4.79 Å². The van der Waals surface area contributed by atoms with Crippen LogP contribution in [0.3, 0.4) is 0 Å². The van der Waals surface area contributed by atoms with Crippen molar-refractivity contribution >= 4 is 23.5 Å². The lowest BCUT2D eigenvalue weighted by Crippen LogP contribution is -2.32. The zero-order valence-electron chi connectivity index (χ0n) is 17.8. The summed E-state index contributed by atoms with van der Waals surface area (Å²) in [5.41, 5.74) is 4.05. The Balaban J connectivity index is 1.76. The van der Waals surface area contributed by atoms with Gasteiger partial charge in [0.2, 0.25) is 0 Å². The summed E-state index contributed by atoms with van der Waals surface area (Å²) in [6, 6.07) is 23.0. The molecule has 0 spiro atoms. The van der Waals surface area contributed by atoms with Gasteiger partial charge in [-0.1, -0.05) is 29.8 Å². The highest BCUT2D eigenvalue weighted by Gasteiger charge is 2.32. The van der Waals surface area contributed by atoms with Crippen molar-refractivity contribution in [2.75, 3.05) is 18.6 Å². The smallest absolute Gasteiger partial charge is 0.282 e. The Labute approximate surface area is 182 Å². The maximum absolute atomic E-state index is 13.4. The highest BCUT2D eigenvalue weighted by atomic mass is 16.5. The van der Waals surface area contributed by atoms with Gasteiger partial charge in [-0.3, -0.25) is 9.69 Å². The van der Waals surface area contributed by atoms with E-state index in [1.165, 1.54) is 5.56 Å². The van der Waals surface area contributed by atoms with Gasteiger partial charge in [0.05, 0.1) is 19.4 Å². The van der Waals surface area contributed by atoms with E-state index >= 15 is 0 Å². The van der Waals surface area contributed by atoms with Gasteiger partial charge in [-0.25, -0.2) is 4.99 Å². The number of carbonyl (C=O) groups is 1. The van der Waals surface area contributed by atoms with Crippen LogP contribution in [0.4, 0.5) is 5.69 Å². The summed E-state index contributed by atoms with van der Waals surface area (Å²) in [6.07, 6.45) is 1.82. The second-order valence-electron chi connectivity index (χ2n) is 7.17. The molecule has 1 aliphatic rings. The summed E-state index contributed by atoms with van der Waals surface area (Å²) in [7, 11) is 1.63. The molecule has 0 saturated heterocycles. The monoisotopic (exact) mass is 412 g/mol. The van der Waals surface area contributed by atoms with Gasteiger partial charge >= 0.3 is 0 Å². The van der Waals surface area contributed by atoms with E-state index in [1.54, 1.807) is 12.0 Å². The fourth-order valence-electron chi connectivity index (χ4n) is 3.37. The van der Waals surface area contributed by atoms with E-state index in [-0.39, 0.29) is 5.91 Å². The van der Waals surface area contributed by atoms with Gasteiger partial charge < -0.3 is 9.47 Å². The molecule has 0 fully saturated rings. The maximum Gasteiger partial charge on any atom is 0.282 e. The Bertz CT molecular complexity index is 1130. The number of carbonyl (C=O) groups excluding carboxylic acids is 1. The first-order chi connectivity index (χ1) is 15.1. The van der Waals surface area contributed by atoms with Crippen LogP contribution in [0, 0.1) is 6.92 Å². The standard InChI is InChI=1S/C26H24N2O3/c1-4-31-23-15-11-21(12-16-23)28-25(20-9-13-22(30-3)14-10-20)27-24(26(28)29)17-19-7-5-18(2)6-8-19/h5-17H,4H2,1-3H3/b24-17+. The molecule has 156 valence electrons. The Hall–Kier alpha value is -3.86. The van der Waals surface area contributed by atoms with Gasteiger partial charge in [0.1, 0.15) is 23.0 Å². The molecule has 31 heavy (non-hydrogen) atoms. The zero-order valence-corrected chi connectivity index (χ0v) is 17.8. The Kier molecular flexibility index (Phi) is 5.85. The number of aliphatic imine (C=N–C) groups is 1. The van der Waals surface area contributed by atoms with Gasteiger partial charge in [-0.2, -0.15) is 0 Å². The molecule has 4 rings (SSSR count). The van der Waals surface area contributed by atoms with E-state index in [0.29, 0.717) is 18.1 Å². The topological polar surface area (TPSA) is 51.1 Å². The molecule has 0 aliphatic carbocycles. The lowest BCUT2D eigenvalue weighted by atomic mass is 10.1. The molecule has 3 aromatic carbocycles. The highest BCUT2D eigenvalue weighted by Crippen LogP contribution is 2.30. The van der Waals surface area contributed by atoms with Crippen molar-refractivity contribution in [3.05, 3.63) is 95.2 Å². The van der Waals surface area contributed by atoms with Crippen molar-refractivity contribution in [3.63, 3.8) is 0 Å². The van der Waals surface area contributed by atoms with E-state index < -0.39 is 0 Å². The van der Waals surface area contributed by atoms with Crippen LogP contribution >= 0.6 is 0 Å². The first-order valence-corrected chi connectivity index (χ1v) is 10.2. The predicted molar refractivity (Wildman–Crippen MR) is 124 cm³/mol. The minimum atomic E-state index is -0.171. The zero-order chi connectivity index (χ0) is 21.8. The van der Waals surface area contributed by atoms with Crippen molar-refractivity contribution in [1.82, 2.24) is 0 Å². The van der Waals surface area contributed by atoms with Crippen LogP contribution in [0.25, 0.3) is 6.08 Å². The fraction of sp³-hybridized carbons (Fsp3) is 0.154. The molecule has 5 nitrogen and oxygen atoms in total. The molecular formula is C26H24N2O3. The van der Waals surface area contributed by atoms with Crippen molar-refractivity contribution in [2.24, 2.45) is 4.99 Å². The molecule has 0 radical (unpaired) electrons. The molecule has 0 bridgehead atoms. The average molecular weight is 412 g/mol. The molecule has 0 unspecified atom stereocenters. The molecular weight excluding hydrogens is 388 g/mol. The summed E-state index contributed by atoms with van der Waals surface area (Å²) in [5.74, 6) is 1.92.